The van der Waals surface area contributed by atoms with Crippen molar-refractivity contribution in [1.29, 1.82) is 0 Å². The molecule has 0 spiro atoms. The van der Waals surface area contributed by atoms with Gasteiger partial charge in [0.1, 0.15) is 5.60 Å². The van der Waals surface area contributed by atoms with Gasteiger partial charge in [0.2, 0.25) is 5.67 Å². The first-order valence-electron chi connectivity index (χ1n) is 5.82. The molecule has 0 N–H and O–H groups in total. The van der Waals surface area contributed by atoms with Crippen molar-refractivity contribution < 1.29 is 13.9 Å². The Morgan fingerprint density at radius 2 is 1.93 bits per heavy atom. The highest BCUT2D eigenvalue weighted by Crippen LogP contribution is 2.33. The van der Waals surface area contributed by atoms with E-state index in [1.165, 1.54) is 13.3 Å². The second-order valence-corrected chi connectivity index (χ2v) is 4.95. The molecule has 0 bridgehead atoms. The maximum absolute atomic E-state index is 13.7. The molecule has 15 heavy (non-hydrogen) atoms. The number of carbonyl (C=O) groups is 1. The van der Waals surface area contributed by atoms with Crippen LogP contribution < -0.4 is 0 Å². The molecule has 1 rings (SSSR count). The van der Waals surface area contributed by atoms with E-state index in [0.29, 0.717) is 0 Å². The molecule has 1 aliphatic carbocycles. The van der Waals surface area contributed by atoms with Gasteiger partial charge in [0.05, 0.1) is 0 Å². The number of carbonyl (C=O) groups excluding carboxylic acids is 1. The molecule has 0 amide bonds. The molecule has 0 aromatic rings. The molecule has 3 heteroatoms. The summed E-state index contributed by atoms with van der Waals surface area (Å²) in [5, 5.41) is 0. The Labute approximate surface area is 91.2 Å². The zero-order chi connectivity index (χ0) is 11.5. The fourth-order valence-electron chi connectivity index (χ4n) is 1.88. The van der Waals surface area contributed by atoms with Gasteiger partial charge in [0.15, 0.2) is 0 Å². The Balaban J connectivity index is 2.56. The number of halogens is 1. The Hall–Kier alpha value is -0.600. The molecule has 0 saturated heterocycles. The lowest BCUT2D eigenvalue weighted by molar-refractivity contribution is -0.174. The van der Waals surface area contributed by atoms with Crippen LogP contribution in [-0.4, -0.2) is 17.2 Å². The topological polar surface area (TPSA) is 26.3 Å². The SMILES string of the molecule is CCC(C)(F)C(=O)OC1(C)CCCCC1. The number of hydrogen-bond donors (Lipinski definition) is 0. The quantitative estimate of drug-likeness (QED) is 0.676. The Morgan fingerprint density at radius 3 is 2.40 bits per heavy atom. The summed E-state index contributed by atoms with van der Waals surface area (Å²) in [6.07, 6.45) is 5.21. The summed E-state index contributed by atoms with van der Waals surface area (Å²) in [5.74, 6) is -0.700. The predicted molar refractivity (Wildman–Crippen MR) is 57.4 cm³/mol. The second-order valence-electron chi connectivity index (χ2n) is 4.95. The summed E-state index contributed by atoms with van der Waals surface area (Å²) in [6, 6.07) is 0. The van der Waals surface area contributed by atoms with E-state index >= 15 is 0 Å². The maximum Gasteiger partial charge on any atom is 0.344 e. The van der Waals surface area contributed by atoms with Gasteiger partial charge in [0, 0.05) is 0 Å². The van der Waals surface area contributed by atoms with Crippen LogP contribution in [0.3, 0.4) is 0 Å². The van der Waals surface area contributed by atoms with E-state index < -0.39 is 17.2 Å². The smallest absolute Gasteiger partial charge is 0.344 e. The van der Waals surface area contributed by atoms with Crippen molar-refractivity contribution >= 4 is 5.97 Å². The first-order valence-corrected chi connectivity index (χ1v) is 5.82. The molecule has 1 aliphatic rings. The number of esters is 1. The predicted octanol–water partition coefficient (Wildman–Crippen LogP) is 3.39. The first-order chi connectivity index (χ1) is 6.90. The largest absolute Gasteiger partial charge is 0.457 e. The highest BCUT2D eigenvalue weighted by molar-refractivity contribution is 5.79. The highest BCUT2D eigenvalue weighted by atomic mass is 19.1. The Morgan fingerprint density at radius 1 is 1.40 bits per heavy atom. The third-order valence-electron chi connectivity index (χ3n) is 3.34. The zero-order valence-corrected chi connectivity index (χ0v) is 9.94. The minimum atomic E-state index is -1.83. The van der Waals surface area contributed by atoms with Gasteiger partial charge in [-0.3, -0.25) is 0 Å². The third-order valence-corrected chi connectivity index (χ3v) is 3.34. The Bertz CT molecular complexity index is 230. The summed E-state index contributed by atoms with van der Waals surface area (Å²) in [7, 11) is 0. The minimum Gasteiger partial charge on any atom is -0.457 e. The molecular formula is C12H21FO2. The fourth-order valence-corrected chi connectivity index (χ4v) is 1.88. The molecular weight excluding hydrogens is 195 g/mol. The normalized spacial score (nSPS) is 24.3. The highest BCUT2D eigenvalue weighted by Gasteiger charge is 2.39. The molecule has 0 aliphatic heterocycles. The van der Waals surface area contributed by atoms with Gasteiger partial charge in [-0.05, 0) is 46.0 Å². The first kappa shape index (κ1) is 12.5. The van der Waals surface area contributed by atoms with Gasteiger partial charge in [-0.15, -0.1) is 0 Å². The van der Waals surface area contributed by atoms with Crippen LogP contribution in [0.2, 0.25) is 0 Å². The summed E-state index contributed by atoms with van der Waals surface area (Å²) in [4.78, 5) is 11.6. The third kappa shape index (κ3) is 3.18. The second kappa shape index (κ2) is 4.50. The van der Waals surface area contributed by atoms with Crippen LogP contribution in [0.25, 0.3) is 0 Å². The molecule has 1 atom stereocenters. The standard InChI is InChI=1S/C12H21FO2/c1-4-12(3,13)10(14)15-11(2)8-6-5-7-9-11/h4-9H2,1-3H3. The summed E-state index contributed by atoms with van der Waals surface area (Å²) < 4.78 is 19.0. The van der Waals surface area contributed by atoms with E-state index in [1.807, 2.05) is 6.92 Å². The number of alkyl halides is 1. The summed E-state index contributed by atoms with van der Waals surface area (Å²) >= 11 is 0. The maximum atomic E-state index is 13.7. The summed E-state index contributed by atoms with van der Waals surface area (Å²) in [5.41, 5.74) is -2.27. The van der Waals surface area contributed by atoms with Gasteiger partial charge in [-0.2, -0.15) is 0 Å². The molecule has 2 nitrogen and oxygen atoms in total. The van der Waals surface area contributed by atoms with Crippen molar-refractivity contribution in [2.45, 2.75) is 70.6 Å². The average Bonchev–Trinajstić information content (AvgIpc) is 2.18. The number of hydrogen-bond acceptors (Lipinski definition) is 2. The van der Waals surface area contributed by atoms with Crippen molar-refractivity contribution in [3.8, 4) is 0 Å². The minimum absolute atomic E-state index is 0.169. The molecule has 0 radical (unpaired) electrons. The van der Waals surface area contributed by atoms with Gasteiger partial charge in [0.25, 0.3) is 0 Å². The number of ether oxygens (including phenoxy) is 1. The van der Waals surface area contributed by atoms with Crippen LogP contribution in [0, 0.1) is 0 Å². The summed E-state index contributed by atoms with van der Waals surface area (Å²) in [6.45, 7) is 4.86. The van der Waals surface area contributed by atoms with Crippen LogP contribution in [0.15, 0.2) is 0 Å². The Kier molecular flexibility index (Phi) is 3.74. The zero-order valence-electron chi connectivity index (χ0n) is 9.94. The van der Waals surface area contributed by atoms with E-state index in [9.17, 15) is 9.18 Å². The van der Waals surface area contributed by atoms with E-state index in [-0.39, 0.29) is 6.42 Å². The van der Waals surface area contributed by atoms with Gasteiger partial charge < -0.3 is 4.74 Å². The van der Waals surface area contributed by atoms with Gasteiger partial charge >= 0.3 is 5.97 Å². The van der Waals surface area contributed by atoms with Crippen LogP contribution in [0.4, 0.5) is 4.39 Å². The average molecular weight is 216 g/mol. The molecule has 0 heterocycles. The van der Waals surface area contributed by atoms with Gasteiger partial charge in [-0.1, -0.05) is 13.3 Å². The monoisotopic (exact) mass is 216 g/mol. The van der Waals surface area contributed by atoms with Crippen molar-refractivity contribution in [3.05, 3.63) is 0 Å². The fraction of sp³-hybridized carbons (Fsp3) is 0.917. The lowest BCUT2D eigenvalue weighted by atomic mass is 9.86. The number of rotatable bonds is 3. The van der Waals surface area contributed by atoms with Crippen molar-refractivity contribution in [3.63, 3.8) is 0 Å². The molecule has 0 aromatic heterocycles. The molecule has 88 valence electrons. The molecule has 1 fully saturated rings. The lowest BCUT2D eigenvalue weighted by Crippen LogP contribution is -2.41. The van der Waals surface area contributed by atoms with Crippen LogP contribution in [0.5, 0.6) is 0 Å². The molecule has 0 aromatic carbocycles. The van der Waals surface area contributed by atoms with Crippen LogP contribution in [0.1, 0.15) is 59.3 Å². The van der Waals surface area contributed by atoms with Crippen LogP contribution >= 0.6 is 0 Å². The van der Waals surface area contributed by atoms with E-state index in [1.54, 1.807) is 6.92 Å². The van der Waals surface area contributed by atoms with Gasteiger partial charge in [-0.25, -0.2) is 9.18 Å². The lowest BCUT2D eigenvalue weighted by Gasteiger charge is -2.35. The molecule has 1 unspecified atom stereocenters. The van der Waals surface area contributed by atoms with Crippen molar-refractivity contribution in [2.75, 3.05) is 0 Å². The van der Waals surface area contributed by atoms with Crippen molar-refractivity contribution in [2.24, 2.45) is 0 Å². The van der Waals surface area contributed by atoms with Crippen molar-refractivity contribution in [1.82, 2.24) is 0 Å². The van der Waals surface area contributed by atoms with E-state index in [4.69, 9.17) is 4.74 Å². The van der Waals surface area contributed by atoms with E-state index in [2.05, 4.69) is 0 Å². The molecule has 1 saturated carbocycles. The van der Waals surface area contributed by atoms with E-state index in [0.717, 1.165) is 25.7 Å². The van der Waals surface area contributed by atoms with Crippen LogP contribution in [-0.2, 0) is 9.53 Å².